The van der Waals surface area contributed by atoms with E-state index in [0.29, 0.717) is 12.8 Å². The average Bonchev–Trinajstić information content (AvgIpc) is 2.67. The number of rotatable bonds is 6. The topological polar surface area (TPSA) is 78.9 Å². The maximum atomic E-state index is 11.9. The molecule has 0 bridgehead atoms. The fraction of sp³-hybridized carbons (Fsp3) is 0.643. The summed E-state index contributed by atoms with van der Waals surface area (Å²) in [5.74, 6) is -2.02. The predicted molar refractivity (Wildman–Crippen MR) is 69.6 cm³/mol. The van der Waals surface area contributed by atoms with Crippen LogP contribution in [-0.4, -0.2) is 36.2 Å². The van der Waals surface area contributed by atoms with E-state index in [1.807, 2.05) is 0 Å². The molecule has 4 unspecified atom stereocenters. The smallest absolute Gasteiger partial charge is 0.347 e. The number of hydrogen-bond acceptors (Lipinski definition) is 6. The van der Waals surface area contributed by atoms with Gasteiger partial charge in [-0.2, -0.15) is 0 Å². The van der Waals surface area contributed by atoms with Crippen molar-refractivity contribution in [1.82, 2.24) is 0 Å². The van der Waals surface area contributed by atoms with Gasteiger partial charge in [-0.1, -0.05) is 13.5 Å². The Morgan fingerprint density at radius 2 is 2.15 bits per heavy atom. The van der Waals surface area contributed by atoms with Crippen LogP contribution in [0.3, 0.4) is 0 Å². The van der Waals surface area contributed by atoms with Crippen molar-refractivity contribution < 1.29 is 28.6 Å². The SMILES string of the molecule is C=CC(=O)OC(C)CC(C)C(=O)OC1CC(C)OC1=O. The monoisotopic (exact) mass is 284 g/mol. The molecule has 20 heavy (non-hydrogen) atoms. The van der Waals surface area contributed by atoms with Gasteiger partial charge in [0.15, 0.2) is 0 Å². The molecule has 0 radical (unpaired) electrons. The first-order chi connectivity index (χ1) is 9.33. The van der Waals surface area contributed by atoms with Crippen LogP contribution in [0.25, 0.3) is 0 Å². The van der Waals surface area contributed by atoms with E-state index in [9.17, 15) is 14.4 Å². The molecule has 112 valence electrons. The molecule has 0 aromatic heterocycles. The van der Waals surface area contributed by atoms with Crippen molar-refractivity contribution in [2.75, 3.05) is 0 Å². The zero-order chi connectivity index (χ0) is 15.3. The van der Waals surface area contributed by atoms with Crippen LogP contribution in [0.4, 0.5) is 0 Å². The largest absolute Gasteiger partial charge is 0.460 e. The highest BCUT2D eigenvalue weighted by Crippen LogP contribution is 2.20. The zero-order valence-corrected chi connectivity index (χ0v) is 12.0. The average molecular weight is 284 g/mol. The van der Waals surface area contributed by atoms with E-state index < -0.39 is 36.0 Å². The first-order valence-electron chi connectivity index (χ1n) is 6.57. The van der Waals surface area contributed by atoms with Crippen molar-refractivity contribution in [3.8, 4) is 0 Å². The molecule has 0 aromatic rings. The first kappa shape index (κ1) is 16.2. The third kappa shape index (κ3) is 4.68. The van der Waals surface area contributed by atoms with E-state index in [4.69, 9.17) is 14.2 Å². The lowest BCUT2D eigenvalue weighted by Crippen LogP contribution is -2.28. The minimum atomic E-state index is -0.828. The highest BCUT2D eigenvalue weighted by Gasteiger charge is 2.36. The van der Waals surface area contributed by atoms with Crippen molar-refractivity contribution >= 4 is 17.9 Å². The Balaban J connectivity index is 2.41. The van der Waals surface area contributed by atoms with E-state index in [0.717, 1.165) is 6.08 Å². The summed E-state index contributed by atoms with van der Waals surface area (Å²) in [6.07, 6.45) is 0.259. The molecule has 0 aromatic carbocycles. The molecule has 4 atom stereocenters. The normalized spacial score (nSPS) is 24.4. The van der Waals surface area contributed by atoms with Crippen LogP contribution < -0.4 is 0 Å². The van der Waals surface area contributed by atoms with Gasteiger partial charge in [-0.25, -0.2) is 9.59 Å². The number of esters is 3. The summed E-state index contributed by atoms with van der Waals surface area (Å²) in [7, 11) is 0. The summed E-state index contributed by atoms with van der Waals surface area (Å²) in [5.41, 5.74) is 0. The lowest BCUT2D eigenvalue weighted by atomic mass is 10.0. The number of cyclic esters (lactones) is 1. The van der Waals surface area contributed by atoms with Gasteiger partial charge in [-0.3, -0.25) is 4.79 Å². The summed E-state index contributed by atoms with van der Waals surface area (Å²) in [5, 5.41) is 0. The summed E-state index contributed by atoms with van der Waals surface area (Å²) in [6, 6.07) is 0. The van der Waals surface area contributed by atoms with Gasteiger partial charge in [0.2, 0.25) is 6.10 Å². The summed E-state index contributed by atoms with van der Waals surface area (Å²) in [6.45, 7) is 8.37. The molecule has 6 nitrogen and oxygen atoms in total. The van der Waals surface area contributed by atoms with Gasteiger partial charge in [0.1, 0.15) is 12.2 Å². The number of carbonyl (C=O) groups is 3. The molecule has 1 rings (SSSR count). The molecule has 6 heteroatoms. The summed E-state index contributed by atoms with van der Waals surface area (Å²) in [4.78, 5) is 34.2. The van der Waals surface area contributed by atoms with Gasteiger partial charge in [0.05, 0.1) is 5.92 Å². The molecule has 0 aliphatic carbocycles. The highest BCUT2D eigenvalue weighted by molar-refractivity contribution is 5.82. The van der Waals surface area contributed by atoms with Crippen LogP contribution in [0.1, 0.15) is 33.6 Å². The minimum Gasteiger partial charge on any atom is -0.460 e. The molecular formula is C14H20O6. The summed E-state index contributed by atoms with van der Waals surface area (Å²) >= 11 is 0. The van der Waals surface area contributed by atoms with Crippen molar-refractivity contribution in [2.45, 2.75) is 51.9 Å². The maximum Gasteiger partial charge on any atom is 0.347 e. The van der Waals surface area contributed by atoms with Crippen molar-refractivity contribution in [2.24, 2.45) is 5.92 Å². The van der Waals surface area contributed by atoms with E-state index in [2.05, 4.69) is 6.58 Å². The third-order valence-corrected chi connectivity index (χ3v) is 2.96. The third-order valence-electron chi connectivity index (χ3n) is 2.96. The molecule has 0 saturated carbocycles. The summed E-state index contributed by atoms with van der Waals surface area (Å²) < 4.78 is 15.0. The standard InChI is InChI=1S/C14H20O6/c1-5-12(15)18-9(3)6-8(2)13(16)20-11-7-10(4)19-14(11)17/h5,8-11H,1,6-7H2,2-4H3. The quantitative estimate of drug-likeness (QED) is 0.416. The van der Waals surface area contributed by atoms with Crippen molar-refractivity contribution in [3.63, 3.8) is 0 Å². The first-order valence-corrected chi connectivity index (χ1v) is 6.57. The zero-order valence-electron chi connectivity index (χ0n) is 12.0. The van der Waals surface area contributed by atoms with Gasteiger partial charge in [0, 0.05) is 12.5 Å². The van der Waals surface area contributed by atoms with E-state index in [1.165, 1.54) is 0 Å². The molecule has 0 amide bonds. The van der Waals surface area contributed by atoms with Gasteiger partial charge >= 0.3 is 17.9 Å². The molecule has 0 spiro atoms. The Hall–Kier alpha value is -1.85. The predicted octanol–water partition coefficient (Wildman–Crippen LogP) is 1.38. The Morgan fingerprint density at radius 3 is 2.65 bits per heavy atom. The second-order valence-corrected chi connectivity index (χ2v) is 5.00. The highest BCUT2D eigenvalue weighted by atomic mass is 16.6. The Labute approximate surface area is 118 Å². The van der Waals surface area contributed by atoms with E-state index in [-0.39, 0.29) is 6.10 Å². The Kier molecular flexibility index (Phi) is 5.73. The van der Waals surface area contributed by atoms with Crippen LogP contribution >= 0.6 is 0 Å². The number of carbonyl (C=O) groups excluding carboxylic acids is 3. The van der Waals surface area contributed by atoms with E-state index in [1.54, 1.807) is 20.8 Å². The lowest BCUT2D eigenvalue weighted by molar-refractivity contribution is -0.164. The van der Waals surface area contributed by atoms with Crippen LogP contribution in [0.5, 0.6) is 0 Å². The van der Waals surface area contributed by atoms with Gasteiger partial charge < -0.3 is 14.2 Å². The molecule has 0 N–H and O–H groups in total. The second-order valence-electron chi connectivity index (χ2n) is 5.00. The Bertz CT molecular complexity index is 402. The van der Waals surface area contributed by atoms with Gasteiger partial charge in [-0.15, -0.1) is 0 Å². The lowest BCUT2D eigenvalue weighted by Gasteiger charge is -2.17. The number of hydrogen-bond donors (Lipinski definition) is 0. The van der Waals surface area contributed by atoms with E-state index >= 15 is 0 Å². The Morgan fingerprint density at radius 1 is 1.50 bits per heavy atom. The van der Waals surface area contributed by atoms with Gasteiger partial charge in [0.25, 0.3) is 0 Å². The maximum absolute atomic E-state index is 11.9. The minimum absolute atomic E-state index is 0.233. The van der Waals surface area contributed by atoms with Crippen molar-refractivity contribution in [1.29, 1.82) is 0 Å². The van der Waals surface area contributed by atoms with Crippen LogP contribution in [0, 0.1) is 5.92 Å². The molecule has 1 aliphatic heterocycles. The van der Waals surface area contributed by atoms with Crippen LogP contribution in [0.15, 0.2) is 12.7 Å². The van der Waals surface area contributed by atoms with Crippen LogP contribution in [0.2, 0.25) is 0 Å². The van der Waals surface area contributed by atoms with Crippen LogP contribution in [-0.2, 0) is 28.6 Å². The fourth-order valence-electron chi connectivity index (χ4n) is 1.96. The molecule has 1 saturated heterocycles. The molecule has 1 fully saturated rings. The van der Waals surface area contributed by atoms with Crippen molar-refractivity contribution in [3.05, 3.63) is 12.7 Å². The molecule has 1 heterocycles. The second kappa shape index (κ2) is 7.07. The fourth-order valence-corrected chi connectivity index (χ4v) is 1.96. The molecule has 1 aliphatic rings. The van der Waals surface area contributed by atoms with Gasteiger partial charge in [-0.05, 0) is 20.3 Å². The molecular weight excluding hydrogens is 264 g/mol. The number of ether oxygens (including phenoxy) is 3.